The molecule has 3 aromatic rings. The molecule has 4 nitrogen and oxygen atoms in total. The average Bonchev–Trinajstić information content (AvgIpc) is 3.00. The lowest BCUT2D eigenvalue weighted by molar-refractivity contribution is 0.252. The van der Waals surface area contributed by atoms with Crippen LogP contribution in [0.2, 0.25) is 5.02 Å². The predicted molar refractivity (Wildman–Crippen MR) is 90.8 cm³/mol. The van der Waals surface area contributed by atoms with E-state index in [1.807, 2.05) is 6.07 Å². The number of benzene rings is 2. The van der Waals surface area contributed by atoms with E-state index in [0.717, 1.165) is 5.75 Å². The van der Waals surface area contributed by atoms with Gasteiger partial charge in [-0.15, -0.1) is 10.2 Å². The van der Waals surface area contributed by atoms with Gasteiger partial charge in [0.1, 0.15) is 5.75 Å². The molecule has 0 aliphatic rings. The van der Waals surface area contributed by atoms with Gasteiger partial charge in [-0.1, -0.05) is 53.2 Å². The second-order valence-corrected chi connectivity index (χ2v) is 6.35. The number of hydrogen-bond donors (Lipinski definition) is 0. The van der Waals surface area contributed by atoms with Crippen molar-refractivity contribution in [1.82, 2.24) is 10.2 Å². The maximum absolute atomic E-state index is 5.83. The summed E-state index contributed by atoms with van der Waals surface area (Å²) in [6.45, 7) is 2.31. The number of nitrogens with zero attached hydrogens (tertiary/aromatic N) is 2. The van der Waals surface area contributed by atoms with E-state index in [1.165, 1.54) is 22.9 Å². The van der Waals surface area contributed by atoms with E-state index in [4.69, 9.17) is 20.8 Å². The molecule has 1 aromatic heterocycles. The maximum Gasteiger partial charge on any atom is 0.277 e. The van der Waals surface area contributed by atoms with Gasteiger partial charge < -0.3 is 9.15 Å². The van der Waals surface area contributed by atoms with E-state index in [0.29, 0.717) is 21.9 Å². The zero-order valence-electron chi connectivity index (χ0n) is 12.5. The zero-order valence-corrected chi connectivity index (χ0v) is 14.1. The van der Waals surface area contributed by atoms with Crippen LogP contribution in [0.4, 0.5) is 0 Å². The number of halogens is 1. The molecule has 0 aliphatic carbocycles. The van der Waals surface area contributed by atoms with Crippen LogP contribution < -0.4 is 4.74 Å². The predicted octanol–water partition coefficient (Wildman–Crippen LogP) is 4.90. The number of hydrogen-bond acceptors (Lipinski definition) is 5. The largest absolute Gasteiger partial charge is 0.484 e. The molecule has 0 saturated carbocycles. The Kier molecular flexibility index (Phi) is 5.20. The summed E-state index contributed by atoms with van der Waals surface area (Å²) in [5, 5.41) is 9.23. The molecule has 3 rings (SSSR count). The van der Waals surface area contributed by atoms with Crippen LogP contribution in [-0.4, -0.2) is 10.2 Å². The quantitative estimate of drug-likeness (QED) is 0.594. The summed E-state index contributed by atoms with van der Waals surface area (Å²) in [5.41, 5.74) is 2.47. The summed E-state index contributed by atoms with van der Waals surface area (Å²) in [6.07, 6.45) is 0. The third kappa shape index (κ3) is 4.74. The first kappa shape index (κ1) is 15.9. The molecule has 0 fully saturated rings. The SMILES string of the molecule is Cc1cccc(CSc2nnc(COc3ccc(Cl)cc3)o2)c1. The number of aryl methyl sites for hydroxylation is 1. The van der Waals surface area contributed by atoms with Crippen LogP contribution in [0.3, 0.4) is 0 Å². The van der Waals surface area contributed by atoms with Crippen LogP contribution in [0, 0.1) is 6.92 Å². The van der Waals surface area contributed by atoms with Crippen molar-refractivity contribution in [1.29, 1.82) is 0 Å². The molecule has 118 valence electrons. The van der Waals surface area contributed by atoms with Crippen molar-refractivity contribution in [2.24, 2.45) is 0 Å². The molecule has 0 aliphatic heterocycles. The number of ether oxygens (including phenoxy) is 1. The molecule has 0 spiro atoms. The Morgan fingerprint density at radius 1 is 1.13 bits per heavy atom. The molecular formula is C17H15ClN2O2S. The first-order chi connectivity index (χ1) is 11.2. The zero-order chi connectivity index (χ0) is 16.1. The minimum absolute atomic E-state index is 0.236. The van der Waals surface area contributed by atoms with E-state index in [1.54, 1.807) is 24.3 Å². The highest BCUT2D eigenvalue weighted by molar-refractivity contribution is 7.98. The van der Waals surface area contributed by atoms with Crippen LogP contribution in [-0.2, 0) is 12.4 Å². The molecule has 2 aromatic carbocycles. The average molecular weight is 347 g/mol. The highest BCUT2D eigenvalue weighted by Gasteiger charge is 2.08. The third-order valence-corrected chi connectivity index (χ3v) is 4.21. The molecule has 0 unspecified atom stereocenters. The minimum atomic E-state index is 0.236. The number of rotatable bonds is 6. The van der Waals surface area contributed by atoms with Crippen molar-refractivity contribution in [3.05, 3.63) is 70.6 Å². The Hall–Kier alpha value is -1.98. The van der Waals surface area contributed by atoms with Gasteiger partial charge in [0, 0.05) is 10.8 Å². The molecule has 23 heavy (non-hydrogen) atoms. The van der Waals surface area contributed by atoms with Gasteiger partial charge >= 0.3 is 0 Å². The molecular weight excluding hydrogens is 332 g/mol. The van der Waals surface area contributed by atoms with Gasteiger partial charge in [0.25, 0.3) is 11.1 Å². The van der Waals surface area contributed by atoms with Gasteiger partial charge in [0.05, 0.1) is 0 Å². The lowest BCUT2D eigenvalue weighted by Gasteiger charge is -2.02. The fourth-order valence-electron chi connectivity index (χ4n) is 1.98. The van der Waals surface area contributed by atoms with Crippen molar-refractivity contribution in [3.63, 3.8) is 0 Å². The highest BCUT2D eigenvalue weighted by atomic mass is 35.5. The van der Waals surface area contributed by atoms with Gasteiger partial charge in [-0.2, -0.15) is 0 Å². The molecule has 0 radical (unpaired) electrons. The molecule has 1 heterocycles. The monoisotopic (exact) mass is 346 g/mol. The smallest absolute Gasteiger partial charge is 0.277 e. The number of thioether (sulfide) groups is 1. The molecule has 0 atom stereocenters. The summed E-state index contributed by atoms with van der Waals surface area (Å²) in [6, 6.07) is 15.5. The second kappa shape index (κ2) is 7.53. The van der Waals surface area contributed by atoms with Gasteiger partial charge in [-0.25, -0.2) is 0 Å². The van der Waals surface area contributed by atoms with Crippen molar-refractivity contribution in [3.8, 4) is 5.75 Å². The summed E-state index contributed by atoms with van der Waals surface area (Å²) < 4.78 is 11.1. The van der Waals surface area contributed by atoms with Crippen molar-refractivity contribution < 1.29 is 9.15 Å². The summed E-state index contributed by atoms with van der Waals surface area (Å²) in [7, 11) is 0. The molecule has 0 bridgehead atoms. The lowest BCUT2D eigenvalue weighted by Crippen LogP contribution is -1.95. The Morgan fingerprint density at radius 3 is 2.74 bits per heavy atom. The van der Waals surface area contributed by atoms with E-state index in [-0.39, 0.29) is 6.61 Å². The van der Waals surface area contributed by atoms with Gasteiger partial charge in [-0.3, -0.25) is 0 Å². The van der Waals surface area contributed by atoms with E-state index in [9.17, 15) is 0 Å². The number of aromatic nitrogens is 2. The first-order valence-electron chi connectivity index (χ1n) is 7.08. The Morgan fingerprint density at radius 2 is 1.96 bits per heavy atom. The first-order valence-corrected chi connectivity index (χ1v) is 8.44. The van der Waals surface area contributed by atoms with Crippen LogP contribution >= 0.6 is 23.4 Å². The summed E-state index contributed by atoms with van der Waals surface area (Å²) >= 11 is 7.34. The standard InChI is InChI=1S/C17H15ClN2O2S/c1-12-3-2-4-13(9-12)11-23-17-20-19-16(22-17)10-21-15-7-5-14(18)6-8-15/h2-9H,10-11H2,1H3. The molecule has 6 heteroatoms. The van der Waals surface area contributed by atoms with Crippen molar-refractivity contribution in [2.45, 2.75) is 24.5 Å². The van der Waals surface area contributed by atoms with E-state index < -0.39 is 0 Å². The fraction of sp³-hybridized carbons (Fsp3) is 0.176. The minimum Gasteiger partial charge on any atom is -0.484 e. The normalized spacial score (nSPS) is 10.7. The van der Waals surface area contributed by atoms with Crippen LogP contribution in [0.15, 0.2) is 58.2 Å². The van der Waals surface area contributed by atoms with Crippen molar-refractivity contribution in [2.75, 3.05) is 0 Å². The Balaban J connectivity index is 1.52. The maximum atomic E-state index is 5.83. The van der Waals surface area contributed by atoms with Crippen LogP contribution in [0.25, 0.3) is 0 Å². The third-order valence-electron chi connectivity index (χ3n) is 3.07. The van der Waals surface area contributed by atoms with E-state index in [2.05, 4.69) is 35.3 Å². The van der Waals surface area contributed by atoms with E-state index >= 15 is 0 Å². The molecule has 0 N–H and O–H groups in total. The fourth-order valence-corrected chi connectivity index (χ4v) is 2.83. The second-order valence-electron chi connectivity index (χ2n) is 4.98. The van der Waals surface area contributed by atoms with Gasteiger partial charge in [-0.05, 0) is 36.8 Å². The topological polar surface area (TPSA) is 48.2 Å². The summed E-state index contributed by atoms with van der Waals surface area (Å²) in [4.78, 5) is 0. The Labute approximate surface area is 143 Å². The van der Waals surface area contributed by atoms with Gasteiger partial charge in [0.15, 0.2) is 6.61 Å². The lowest BCUT2D eigenvalue weighted by atomic mass is 10.2. The Bertz CT molecular complexity index is 774. The molecule has 0 amide bonds. The van der Waals surface area contributed by atoms with Crippen molar-refractivity contribution >= 4 is 23.4 Å². The molecule has 0 saturated heterocycles. The van der Waals surface area contributed by atoms with Crippen LogP contribution in [0.1, 0.15) is 17.0 Å². The summed E-state index contributed by atoms with van der Waals surface area (Å²) in [5.74, 6) is 1.95. The van der Waals surface area contributed by atoms with Gasteiger partial charge in [0.2, 0.25) is 0 Å². The van der Waals surface area contributed by atoms with Crippen LogP contribution in [0.5, 0.6) is 5.75 Å². The highest BCUT2D eigenvalue weighted by Crippen LogP contribution is 2.22.